The van der Waals surface area contributed by atoms with E-state index in [1.807, 2.05) is 61.7 Å². The number of hydrogen-bond donors (Lipinski definition) is 1. The van der Waals surface area contributed by atoms with Gasteiger partial charge in [-0.3, -0.25) is 4.79 Å². The van der Waals surface area contributed by atoms with E-state index in [1.165, 1.54) is 0 Å². The average molecular weight is 321 g/mol. The molecule has 0 bridgehead atoms. The minimum Gasteiger partial charge on any atom is -0.495 e. The highest BCUT2D eigenvalue weighted by Gasteiger charge is 2.09. The van der Waals surface area contributed by atoms with E-state index in [0.29, 0.717) is 17.0 Å². The number of aromatic nitrogens is 2. The number of nitrogens with one attached hydrogen (secondary N) is 1. The first kappa shape index (κ1) is 15.8. The van der Waals surface area contributed by atoms with E-state index in [0.717, 1.165) is 17.9 Å². The van der Waals surface area contributed by atoms with Crippen LogP contribution in [-0.4, -0.2) is 22.6 Å². The highest BCUT2D eigenvalue weighted by Crippen LogP contribution is 2.23. The lowest BCUT2D eigenvalue weighted by Crippen LogP contribution is -2.12. The third-order valence-electron chi connectivity index (χ3n) is 3.85. The Balaban J connectivity index is 1.71. The normalized spacial score (nSPS) is 10.4. The summed E-state index contributed by atoms with van der Waals surface area (Å²) in [7, 11) is 1.58. The molecule has 0 aliphatic heterocycles. The van der Waals surface area contributed by atoms with Crippen molar-refractivity contribution in [2.75, 3.05) is 12.4 Å². The van der Waals surface area contributed by atoms with Gasteiger partial charge in [-0.05, 0) is 36.8 Å². The van der Waals surface area contributed by atoms with Gasteiger partial charge in [0.25, 0.3) is 5.91 Å². The summed E-state index contributed by atoms with van der Waals surface area (Å²) in [5.74, 6) is 1.44. The summed E-state index contributed by atoms with van der Waals surface area (Å²) in [5.41, 5.74) is 2.38. The third-order valence-corrected chi connectivity index (χ3v) is 3.85. The van der Waals surface area contributed by atoms with Gasteiger partial charge in [0.1, 0.15) is 11.6 Å². The second-order valence-electron chi connectivity index (χ2n) is 5.45. The van der Waals surface area contributed by atoms with Crippen LogP contribution in [-0.2, 0) is 6.54 Å². The minimum atomic E-state index is -0.162. The molecular weight excluding hydrogens is 302 g/mol. The van der Waals surface area contributed by atoms with E-state index in [9.17, 15) is 4.79 Å². The highest BCUT2D eigenvalue weighted by molar-refractivity contribution is 6.05. The smallest absolute Gasteiger partial charge is 0.255 e. The molecule has 0 saturated heterocycles. The van der Waals surface area contributed by atoms with Crippen LogP contribution in [0.15, 0.2) is 60.9 Å². The van der Waals surface area contributed by atoms with Crippen LogP contribution in [0.1, 0.15) is 21.7 Å². The molecule has 0 fully saturated rings. The van der Waals surface area contributed by atoms with Crippen LogP contribution in [0.25, 0.3) is 0 Å². The number of para-hydroxylation sites is 2. The number of carbonyl (C=O) groups is 1. The van der Waals surface area contributed by atoms with Crippen LogP contribution in [0, 0.1) is 6.92 Å². The Kier molecular flexibility index (Phi) is 4.61. The zero-order valence-electron chi connectivity index (χ0n) is 13.7. The fourth-order valence-electron chi connectivity index (χ4n) is 2.47. The summed E-state index contributed by atoms with van der Waals surface area (Å²) >= 11 is 0. The minimum absolute atomic E-state index is 0.162. The summed E-state index contributed by atoms with van der Waals surface area (Å²) in [6, 6.07) is 14.9. The molecule has 2 aromatic carbocycles. The molecule has 3 aromatic rings. The third kappa shape index (κ3) is 3.46. The lowest BCUT2D eigenvalue weighted by atomic mass is 10.1. The number of anilines is 1. The molecule has 0 atom stereocenters. The molecule has 1 heterocycles. The quantitative estimate of drug-likeness (QED) is 0.782. The lowest BCUT2D eigenvalue weighted by Gasteiger charge is -2.10. The molecule has 0 saturated carbocycles. The maximum atomic E-state index is 12.4. The van der Waals surface area contributed by atoms with Gasteiger partial charge in [-0.15, -0.1) is 0 Å². The number of imidazole rings is 1. The summed E-state index contributed by atoms with van der Waals surface area (Å²) in [6.45, 7) is 2.70. The number of carbonyl (C=O) groups excluding carboxylic acids is 1. The predicted octanol–water partition coefficient (Wildman–Crippen LogP) is 3.50. The van der Waals surface area contributed by atoms with Crippen LogP contribution in [0.5, 0.6) is 5.75 Å². The van der Waals surface area contributed by atoms with Crippen molar-refractivity contribution in [2.24, 2.45) is 0 Å². The van der Waals surface area contributed by atoms with Gasteiger partial charge in [-0.25, -0.2) is 4.98 Å². The molecule has 1 amide bonds. The molecule has 24 heavy (non-hydrogen) atoms. The molecule has 122 valence electrons. The number of hydrogen-bond acceptors (Lipinski definition) is 3. The highest BCUT2D eigenvalue weighted by atomic mass is 16.5. The number of amides is 1. The Morgan fingerprint density at radius 1 is 1.17 bits per heavy atom. The Morgan fingerprint density at radius 2 is 1.92 bits per heavy atom. The SMILES string of the molecule is COc1ccccc1NC(=O)c1ccc(Cn2ccnc2C)cc1. The van der Waals surface area contributed by atoms with Crippen molar-refractivity contribution in [3.63, 3.8) is 0 Å². The van der Waals surface area contributed by atoms with Gasteiger partial charge in [0.05, 0.1) is 12.8 Å². The topological polar surface area (TPSA) is 56.1 Å². The first-order valence-electron chi connectivity index (χ1n) is 7.68. The Morgan fingerprint density at radius 3 is 2.58 bits per heavy atom. The molecule has 3 rings (SSSR count). The van der Waals surface area contributed by atoms with Crippen molar-refractivity contribution >= 4 is 11.6 Å². The number of ether oxygens (including phenoxy) is 1. The van der Waals surface area contributed by atoms with Crippen molar-refractivity contribution < 1.29 is 9.53 Å². The molecule has 0 radical (unpaired) electrons. The van der Waals surface area contributed by atoms with E-state index in [-0.39, 0.29) is 5.91 Å². The maximum Gasteiger partial charge on any atom is 0.255 e. The van der Waals surface area contributed by atoms with Gasteiger partial charge in [0, 0.05) is 24.5 Å². The number of aryl methyl sites for hydroxylation is 1. The van der Waals surface area contributed by atoms with Crippen LogP contribution >= 0.6 is 0 Å². The molecule has 1 N–H and O–H groups in total. The van der Waals surface area contributed by atoms with E-state index < -0.39 is 0 Å². The van der Waals surface area contributed by atoms with Gasteiger partial charge < -0.3 is 14.6 Å². The number of benzene rings is 2. The summed E-state index contributed by atoms with van der Waals surface area (Å²) in [4.78, 5) is 16.6. The predicted molar refractivity (Wildman–Crippen MR) is 93.5 cm³/mol. The molecular formula is C19H19N3O2. The van der Waals surface area contributed by atoms with Crippen LogP contribution in [0.4, 0.5) is 5.69 Å². The van der Waals surface area contributed by atoms with E-state index in [4.69, 9.17) is 4.74 Å². The Bertz CT molecular complexity index is 838. The van der Waals surface area contributed by atoms with E-state index >= 15 is 0 Å². The van der Waals surface area contributed by atoms with Crippen LogP contribution < -0.4 is 10.1 Å². The molecule has 1 aromatic heterocycles. The maximum absolute atomic E-state index is 12.4. The van der Waals surface area contributed by atoms with E-state index in [1.54, 1.807) is 13.3 Å². The fourth-order valence-corrected chi connectivity index (χ4v) is 2.47. The molecule has 0 spiro atoms. The first-order valence-corrected chi connectivity index (χ1v) is 7.68. The van der Waals surface area contributed by atoms with Gasteiger partial charge >= 0.3 is 0 Å². The van der Waals surface area contributed by atoms with Gasteiger partial charge in [-0.1, -0.05) is 24.3 Å². The van der Waals surface area contributed by atoms with Gasteiger partial charge in [0.15, 0.2) is 0 Å². The number of rotatable bonds is 5. The van der Waals surface area contributed by atoms with Crippen molar-refractivity contribution in [3.8, 4) is 5.75 Å². The van der Waals surface area contributed by atoms with Crippen molar-refractivity contribution in [1.29, 1.82) is 0 Å². The van der Waals surface area contributed by atoms with Gasteiger partial charge in [0.2, 0.25) is 0 Å². The number of nitrogens with zero attached hydrogens (tertiary/aromatic N) is 2. The standard InChI is InChI=1S/C19H19N3O2/c1-14-20-11-12-22(14)13-15-7-9-16(10-8-15)19(23)21-17-5-3-4-6-18(17)24-2/h3-12H,13H2,1-2H3,(H,21,23). The van der Waals surface area contributed by atoms with Crippen LogP contribution in [0.2, 0.25) is 0 Å². The van der Waals surface area contributed by atoms with Gasteiger partial charge in [-0.2, -0.15) is 0 Å². The van der Waals surface area contributed by atoms with Crippen molar-refractivity contribution in [3.05, 3.63) is 77.9 Å². The summed E-state index contributed by atoms with van der Waals surface area (Å²) in [6.07, 6.45) is 3.72. The Hall–Kier alpha value is -3.08. The zero-order valence-corrected chi connectivity index (χ0v) is 13.7. The van der Waals surface area contributed by atoms with Crippen LogP contribution in [0.3, 0.4) is 0 Å². The largest absolute Gasteiger partial charge is 0.495 e. The first-order chi connectivity index (χ1) is 11.7. The zero-order chi connectivity index (χ0) is 16.9. The molecule has 5 heteroatoms. The molecule has 0 aliphatic carbocycles. The second kappa shape index (κ2) is 7.00. The Labute approximate surface area is 140 Å². The average Bonchev–Trinajstić information content (AvgIpc) is 3.01. The second-order valence-corrected chi connectivity index (χ2v) is 5.45. The lowest BCUT2D eigenvalue weighted by molar-refractivity contribution is 0.102. The van der Waals surface area contributed by atoms with Crippen molar-refractivity contribution in [1.82, 2.24) is 9.55 Å². The number of methoxy groups -OCH3 is 1. The summed E-state index contributed by atoms with van der Waals surface area (Å²) in [5, 5.41) is 2.87. The monoisotopic (exact) mass is 321 g/mol. The van der Waals surface area contributed by atoms with E-state index in [2.05, 4.69) is 14.9 Å². The molecule has 0 aliphatic rings. The molecule has 5 nitrogen and oxygen atoms in total. The molecule has 0 unspecified atom stereocenters. The summed E-state index contributed by atoms with van der Waals surface area (Å²) < 4.78 is 7.31. The van der Waals surface area contributed by atoms with Crippen molar-refractivity contribution in [2.45, 2.75) is 13.5 Å². The fraction of sp³-hybridized carbons (Fsp3) is 0.158.